The summed E-state index contributed by atoms with van der Waals surface area (Å²) in [5.41, 5.74) is 0.174. The summed E-state index contributed by atoms with van der Waals surface area (Å²) in [7, 11) is 1.35. The second-order valence-corrected chi connectivity index (χ2v) is 6.26. The van der Waals surface area contributed by atoms with Crippen molar-refractivity contribution in [2.24, 2.45) is 5.41 Å². The molecule has 0 aliphatic carbocycles. The van der Waals surface area contributed by atoms with Crippen LogP contribution in [0.5, 0.6) is 11.5 Å². The molecule has 4 nitrogen and oxygen atoms in total. The maximum absolute atomic E-state index is 12.2. The number of rotatable bonds is 5. The highest BCUT2D eigenvalue weighted by atomic mass is 19.4. The molecule has 0 saturated carbocycles. The van der Waals surface area contributed by atoms with Gasteiger partial charge in [-0.05, 0) is 24.6 Å². The fourth-order valence-corrected chi connectivity index (χ4v) is 1.73. The van der Waals surface area contributed by atoms with Crippen molar-refractivity contribution in [1.29, 1.82) is 0 Å². The van der Waals surface area contributed by atoms with Gasteiger partial charge in [0.2, 0.25) is 5.91 Å². The molecule has 1 aromatic rings. The molecule has 0 fully saturated rings. The number of carbonyl (C=O) groups is 1. The Hall–Kier alpha value is -1.92. The summed E-state index contributed by atoms with van der Waals surface area (Å²) in [6.07, 6.45) is -4.42. The molecule has 1 N–H and O–H groups in total. The molecule has 1 amide bonds. The summed E-state index contributed by atoms with van der Waals surface area (Å²) in [6.45, 7) is 5.78. The lowest BCUT2D eigenvalue weighted by Crippen LogP contribution is -2.36. The number of hydrogen-bond acceptors (Lipinski definition) is 3. The Kier molecular flexibility index (Phi) is 5.91. The molecule has 23 heavy (non-hydrogen) atoms. The van der Waals surface area contributed by atoms with Gasteiger partial charge >= 0.3 is 6.18 Å². The van der Waals surface area contributed by atoms with Crippen LogP contribution in [0.2, 0.25) is 0 Å². The normalized spacial score (nSPS) is 13.4. The Labute approximate surface area is 134 Å². The van der Waals surface area contributed by atoms with Crippen molar-refractivity contribution in [3.63, 3.8) is 0 Å². The largest absolute Gasteiger partial charge is 0.493 e. The fraction of sp³-hybridized carbons (Fsp3) is 0.562. The number of alkyl halides is 3. The van der Waals surface area contributed by atoms with Gasteiger partial charge in [-0.25, -0.2) is 0 Å². The van der Waals surface area contributed by atoms with Gasteiger partial charge in [0.15, 0.2) is 18.1 Å². The van der Waals surface area contributed by atoms with E-state index in [1.807, 2.05) is 0 Å². The minimum absolute atomic E-state index is 0.00271. The molecule has 0 radical (unpaired) electrons. The summed E-state index contributed by atoms with van der Waals surface area (Å²) in [4.78, 5) is 12.0. The van der Waals surface area contributed by atoms with E-state index in [1.54, 1.807) is 39.8 Å². The maximum Gasteiger partial charge on any atom is 0.422 e. The molecule has 130 valence electrons. The molecule has 1 aromatic carbocycles. The number of hydrogen-bond donors (Lipinski definition) is 1. The van der Waals surface area contributed by atoms with E-state index >= 15 is 0 Å². The second-order valence-electron chi connectivity index (χ2n) is 6.26. The number of benzene rings is 1. The number of nitrogens with one attached hydrogen (secondary N) is 1. The Morgan fingerprint density at radius 1 is 1.22 bits per heavy atom. The van der Waals surface area contributed by atoms with Crippen molar-refractivity contribution in [2.75, 3.05) is 13.7 Å². The van der Waals surface area contributed by atoms with Gasteiger partial charge in [-0.1, -0.05) is 26.8 Å². The van der Waals surface area contributed by atoms with E-state index in [0.29, 0.717) is 5.56 Å². The lowest BCUT2D eigenvalue weighted by atomic mass is 9.94. The summed E-state index contributed by atoms with van der Waals surface area (Å²) >= 11 is 0. The summed E-state index contributed by atoms with van der Waals surface area (Å²) < 4.78 is 46.5. The SMILES string of the molecule is COc1cc([C@H](C)NC(=O)C(C)(C)C)ccc1OCC(F)(F)F. The lowest BCUT2D eigenvalue weighted by Gasteiger charge is -2.23. The van der Waals surface area contributed by atoms with Crippen molar-refractivity contribution >= 4 is 5.91 Å². The van der Waals surface area contributed by atoms with Gasteiger partial charge in [0, 0.05) is 5.41 Å². The quantitative estimate of drug-likeness (QED) is 0.890. The van der Waals surface area contributed by atoms with E-state index in [1.165, 1.54) is 13.2 Å². The van der Waals surface area contributed by atoms with Crippen LogP contribution < -0.4 is 14.8 Å². The van der Waals surface area contributed by atoms with Gasteiger partial charge in [0.05, 0.1) is 13.2 Å². The number of carbonyl (C=O) groups excluding carboxylic acids is 1. The van der Waals surface area contributed by atoms with Crippen LogP contribution in [0.15, 0.2) is 18.2 Å². The van der Waals surface area contributed by atoms with E-state index in [0.717, 1.165) is 0 Å². The van der Waals surface area contributed by atoms with Crippen LogP contribution in [-0.4, -0.2) is 25.8 Å². The zero-order chi connectivity index (χ0) is 17.8. The number of amides is 1. The topological polar surface area (TPSA) is 47.6 Å². The van der Waals surface area contributed by atoms with Crippen molar-refractivity contribution in [2.45, 2.75) is 39.9 Å². The van der Waals surface area contributed by atoms with Gasteiger partial charge in [0.1, 0.15) is 0 Å². The van der Waals surface area contributed by atoms with Crippen molar-refractivity contribution < 1.29 is 27.4 Å². The zero-order valence-corrected chi connectivity index (χ0v) is 13.9. The summed E-state index contributed by atoms with van der Waals surface area (Å²) in [6, 6.07) is 4.24. The first-order valence-electron chi connectivity index (χ1n) is 7.12. The first kappa shape index (κ1) is 19.1. The molecule has 0 aliphatic rings. The Morgan fingerprint density at radius 3 is 2.30 bits per heavy atom. The molecule has 0 unspecified atom stereocenters. The highest BCUT2D eigenvalue weighted by Crippen LogP contribution is 2.32. The van der Waals surface area contributed by atoms with Crippen molar-refractivity contribution in [3.05, 3.63) is 23.8 Å². The van der Waals surface area contributed by atoms with Crippen LogP contribution in [0, 0.1) is 5.41 Å². The molecule has 0 aliphatic heterocycles. The average Bonchev–Trinajstić information content (AvgIpc) is 2.42. The molecular weight excluding hydrogens is 311 g/mol. The number of methoxy groups -OCH3 is 1. The Balaban J connectivity index is 2.88. The molecule has 0 aromatic heterocycles. The smallest absolute Gasteiger partial charge is 0.422 e. The fourth-order valence-electron chi connectivity index (χ4n) is 1.73. The molecule has 0 saturated heterocycles. The van der Waals surface area contributed by atoms with Crippen LogP contribution in [-0.2, 0) is 4.79 Å². The Morgan fingerprint density at radius 2 is 1.83 bits per heavy atom. The van der Waals surface area contributed by atoms with Gasteiger partial charge < -0.3 is 14.8 Å². The van der Waals surface area contributed by atoms with Crippen LogP contribution in [0.3, 0.4) is 0 Å². The first-order valence-corrected chi connectivity index (χ1v) is 7.12. The van der Waals surface area contributed by atoms with E-state index < -0.39 is 18.2 Å². The van der Waals surface area contributed by atoms with Crippen LogP contribution in [0.4, 0.5) is 13.2 Å². The number of halogens is 3. The van der Waals surface area contributed by atoms with Crippen LogP contribution in [0.1, 0.15) is 39.3 Å². The highest BCUT2D eigenvalue weighted by Gasteiger charge is 2.29. The third kappa shape index (κ3) is 6.00. The minimum atomic E-state index is -4.42. The number of ether oxygens (including phenoxy) is 2. The van der Waals surface area contributed by atoms with E-state index in [2.05, 4.69) is 5.32 Å². The Bertz CT molecular complexity index is 550. The van der Waals surface area contributed by atoms with Crippen LogP contribution >= 0.6 is 0 Å². The molecule has 1 rings (SSSR count). The predicted octanol–water partition coefficient (Wildman–Crippen LogP) is 3.86. The van der Waals surface area contributed by atoms with Gasteiger partial charge in [-0.2, -0.15) is 13.2 Å². The maximum atomic E-state index is 12.2. The van der Waals surface area contributed by atoms with Gasteiger partial charge in [-0.3, -0.25) is 4.79 Å². The monoisotopic (exact) mass is 333 g/mol. The van der Waals surface area contributed by atoms with Crippen molar-refractivity contribution in [3.8, 4) is 11.5 Å². The standard InChI is InChI=1S/C16H22F3NO3/c1-10(20-14(21)15(2,3)4)11-6-7-12(13(8-11)22-5)23-9-16(17,18)19/h6-8,10H,9H2,1-5H3,(H,20,21)/t10-/m0/s1. The second kappa shape index (κ2) is 7.10. The van der Waals surface area contributed by atoms with Gasteiger partial charge in [0.25, 0.3) is 0 Å². The summed E-state index contributed by atoms with van der Waals surface area (Å²) in [5, 5.41) is 2.85. The van der Waals surface area contributed by atoms with Crippen LogP contribution in [0.25, 0.3) is 0 Å². The molecule has 0 heterocycles. The lowest BCUT2D eigenvalue weighted by molar-refractivity contribution is -0.153. The molecule has 0 bridgehead atoms. The molecule has 0 spiro atoms. The van der Waals surface area contributed by atoms with Gasteiger partial charge in [-0.15, -0.1) is 0 Å². The van der Waals surface area contributed by atoms with Crippen molar-refractivity contribution in [1.82, 2.24) is 5.32 Å². The first-order chi connectivity index (χ1) is 10.4. The average molecular weight is 333 g/mol. The summed E-state index contributed by atoms with van der Waals surface area (Å²) in [5.74, 6) is 0.0629. The predicted molar refractivity (Wildman–Crippen MR) is 80.6 cm³/mol. The van der Waals surface area contributed by atoms with E-state index in [9.17, 15) is 18.0 Å². The molecule has 1 atom stereocenters. The highest BCUT2D eigenvalue weighted by molar-refractivity contribution is 5.81. The zero-order valence-electron chi connectivity index (χ0n) is 13.9. The third-order valence-electron chi connectivity index (χ3n) is 3.11. The molecule has 7 heteroatoms. The van der Waals surface area contributed by atoms with E-state index in [-0.39, 0.29) is 23.4 Å². The molecular formula is C16H22F3NO3. The third-order valence-corrected chi connectivity index (χ3v) is 3.11. The minimum Gasteiger partial charge on any atom is -0.493 e. The van der Waals surface area contributed by atoms with E-state index in [4.69, 9.17) is 9.47 Å².